The number of nitrogens with zero attached hydrogens (tertiary/aromatic N) is 2. The molecule has 1 aromatic rings. The highest BCUT2D eigenvalue weighted by Gasteiger charge is 2.01. The molecule has 4 nitrogen and oxygen atoms in total. The number of aliphatic hydroxyl groups excluding tert-OH is 1. The van der Waals surface area contributed by atoms with Crippen molar-refractivity contribution in [2.45, 2.75) is 11.6 Å². The van der Waals surface area contributed by atoms with Crippen LogP contribution in [0.1, 0.15) is 5.69 Å². The van der Waals surface area contributed by atoms with Gasteiger partial charge in [0.2, 0.25) is 6.20 Å². The van der Waals surface area contributed by atoms with Crippen molar-refractivity contribution < 1.29 is 9.84 Å². The minimum Gasteiger partial charge on any atom is -0.618 e. The van der Waals surface area contributed by atoms with E-state index in [2.05, 4.69) is 17.6 Å². The summed E-state index contributed by atoms with van der Waals surface area (Å²) >= 11 is 3.79. The van der Waals surface area contributed by atoms with Gasteiger partial charge in [-0.1, -0.05) is 12.6 Å². The zero-order valence-corrected chi connectivity index (χ0v) is 5.95. The minimum absolute atomic E-state index is 0.220. The molecule has 0 bridgehead atoms. The van der Waals surface area contributed by atoms with Gasteiger partial charge in [0.25, 0.3) is 5.03 Å². The number of hydrogen-bond donors (Lipinski definition) is 2. The van der Waals surface area contributed by atoms with Crippen molar-refractivity contribution in [2.75, 3.05) is 0 Å². The third-order valence-electron chi connectivity index (χ3n) is 1.000. The second-order valence-corrected chi connectivity index (χ2v) is 2.18. The van der Waals surface area contributed by atoms with Crippen LogP contribution in [0.3, 0.4) is 0 Å². The normalized spacial score (nSPS) is 9.80. The zero-order chi connectivity index (χ0) is 7.56. The van der Waals surface area contributed by atoms with Crippen molar-refractivity contribution in [3.63, 3.8) is 0 Å². The predicted octanol–water partition coefficient (Wildman–Crippen LogP) is -0.504. The molecule has 0 aliphatic carbocycles. The second-order valence-electron chi connectivity index (χ2n) is 1.72. The molecule has 1 heterocycles. The lowest BCUT2D eigenvalue weighted by Crippen LogP contribution is -2.28. The van der Waals surface area contributed by atoms with E-state index >= 15 is 0 Å². The number of aliphatic hydroxyl groups is 1. The first-order chi connectivity index (χ1) is 4.74. The summed E-state index contributed by atoms with van der Waals surface area (Å²) in [5.74, 6) is 0. The maximum atomic E-state index is 10.7. The fraction of sp³-hybridized carbons (Fsp3) is 0.200. The molecule has 10 heavy (non-hydrogen) atoms. The smallest absolute Gasteiger partial charge is 0.266 e. The molecule has 0 fully saturated rings. The van der Waals surface area contributed by atoms with Crippen LogP contribution < -0.4 is 4.73 Å². The Bertz CT molecular complexity index is 241. The molecule has 0 amide bonds. The summed E-state index contributed by atoms with van der Waals surface area (Å²) in [7, 11) is 0. The monoisotopic (exact) mass is 158 g/mol. The molecular formula is C5H6N2O2S. The fourth-order valence-corrected chi connectivity index (χ4v) is 0.629. The average Bonchev–Trinajstić information content (AvgIpc) is 1.95. The van der Waals surface area contributed by atoms with Crippen LogP contribution in [-0.2, 0) is 6.61 Å². The molecule has 0 aliphatic heterocycles. The Balaban J connectivity index is 3.04. The number of hydrogen-bond acceptors (Lipinski definition) is 4. The van der Waals surface area contributed by atoms with Gasteiger partial charge in [-0.15, -0.1) is 0 Å². The Morgan fingerprint density at radius 1 is 1.80 bits per heavy atom. The molecular weight excluding hydrogens is 152 g/mol. The molecule has 0 radical (unpaired) electrons. The van der Waals surface area contributed by atoms with Gasteiger partial charge in [-0.25, -0.2) is 4.98 Å². The van der Waals surface area contributed by atoms with Gasteiger partial charge >= 0.3 is 0 Å². The Kier molecular flexibility index (Phi) is 2.08. The van der Waals surface area contributed by atoms with Crippen molar-refractivity contribution in [3.05, 3.63) is 23.3 Å². The fourth-order valence-electron chi connectivity index (χ4n) is 0.514. The van der Waals surface area contributed by atoms with Gasteiger partial charge in [0.1, 0.15) is 11.9 Å². The van der Waals surface area contributed by atoms with Crippen molar-refractivity contribution in [2.24, 2.45) is 0 Å². The zero-order valence-electron chi connectivity index (χ0n) is 5.06. The van der Waals surface area contributed by atoms with Gasteiger partial charge in [-0.3, -0.25) is 0 Å². The van der Waals surface area contributed by atoms with Gasteiger partial charge in [-0.2, -0.15) is 4.73 Å². The maximum Gasteiger partial charge on any atom is 0.266 e. The Morgan fingerprint density at radius 2 is 2.50 bits per heavy atom. The summed E-state index contributed by atoms with van der Waals surface area (Å²) in [6.45, 7) is -0.226. The molecule has 1 rings (SSSR count). The van der Waals surface area contributed by atoms with Gasteiger partial charge in [0, 0.05) is 0 Å². The Labute approximate surface area is 63.1 Å². The summed E-state index contributed by atoms with van der Waals surface area (Å²) in [6.07, 6.45) is 2.48. The molecule has 0 aromatic carbocycles. The molecule has 1 N–H and O–H groups in total. The number of thiol groups is 1. The lowest BCUT2D eigenvalue weighted by atomic mass is 10.5. The highest BCUT2D eigenvalue weighted by molar-refractivity contribution is 7.80. The largest absolute Gasteiger partial charge is 0.618 e. The van der Waals surface area contributed by atoms with Gasteiger partial charge in [0.05, 0.1) is 6.61 Å². The first-order valence-corrected chi connectivity index (χ1v) is 3.06. The van der Waals surface area contributed by atoms with Gasteiger partial charge in [-0.05, 0) is 0 Å². The van der Waals surface area contributed by atoms with E-state index in [0.717, 1.165) is 0 Å². The maximum absolute atomic E-state index is 10.7. The SMILES string of the molecule is [O-][n+]1cc(CO)ncc1S. The molecule has 0 saturated carbocycles. The van der Waals surface area contributed by atoms with Crippen molar-refractivity contribution in [1.82, 2.24) is 4.98 Å². The van der Waals surface area contributed by atoms with Crippen LogP contribution in [0.15, 0.2) is 17.4 Å². The lowest BCUT2D eigenvalue weighted by Gasteiger charge is -1.98. The van der Waals surface area contributed by atoms with Gasteiger partial charge in [0.15, 0.2) is 0 Å². The molecule has 0 saturated heterocycles. The van der Waals surface area contributed by atoms with Crippen LogP contribution in [-0.4, -0.2) is 10.1 Å². The Morgan fingerprint density at radius 3 is 3.00 bits per heavy atom. The number of rotatable bonds is 1. The summed E-state index contributed by atoms with van der Waals surface area (Å²) in [5, 5.41) is 19.4. The topological polar surface area (TPSA) is 60.1 Å². The first kappa shape index (κ1) is 7.30. The number of aromatic nitrogens is 2. The van der Waals surface area contributed by atoms with E-state index in [1.165, 1.54) is 12.4 Å². The molecule has 1 aromatic heterocycles. The van der Waals surface area contributed by atoms with Crippen molar-refractivity contribution in [1.29, 1.82) is 0 Å². The Hall–Kier alpha value is -0.810. The summed E-state index contributed by atoms with van der Waals surface area (Å²) in [5.41, 5.74) is 0.341. The van der Waals surface area contributed by atoms with Crippen molar-refractivity contribution >= 4 is 12.6 Å². The van der Waals surface area contributed by atoms with Crippen LogP contribution in [0, 0.1) is 5.21 Å². The quantitative estimate of drug-likeness (QED) is 0.329. The lowest BCUT2D eigenvalue weighted by molar-refractivity contribution is -0.646. The second kappa shape index (κ2) is 2.85. The molecule has 54 valence electrons. The molecule has 0 spiro atoms. The molecule has 0 atom stereocenters. The molecule has 0 unspecified atom stereocenters. The van der Waals surface area contributed by atoms with Crippen LogP contribution in [0.2, 0.25) is 0 Å². The summed E-state index contributed by atoms with van der Waals surface area (Å²) in [6, 6.07) is 0. The third kappa shape index (κ3) is 1.37. The predicted molar refractivity (Wildman–Crippen MR) is 36.4 cm³/mol. The average molecular weight is 158 g/mol. The summed E-state index contributed by atoms with van der Waals surface area (Å²) < 4.78 is 0.543. The van der Waals surface area contributed by atoms with Crippen LogP contribution in [0.5, 0.6) is 0 Å². The first-order valence-electron chi connectivity index (χ1n) is 2.62. The highest BCUT2D eigenvalue weighted by atomic mass is 32.1. The van der Waals surface area contributed by atoms with E-state index in [9.17, 15) is 5.21 Å². The van der Waals surface area contributed by atoms with E-state index in [4.69, 9.17) is 5.11 Å². The minimum atomic E-state index is -0.226. The van der Waals surface area contributed by atoms with Gasteiger partial charge < -0.3 is 10.3 Å². The van der Waals surface area contributed by atoms with E-state index in [1.807, 2.05) is 0 Å². The van der Waals surface area contributed by atoms with E-state index in [-0.39, 0.29) is 11.6 Å². The van der Waals surface area contributed by atoms with Crippen LogP contribution in [0.4, 0.5) is 0 Å². The third-order valence-corrected chi connectivity index (χ3v) is 1.31. The standard InChI is InChI=1S/C5H6N2O2S/c8-3-4-2-7(9)5(10)1-6-4/h1-2,8,10H,3H2. The van der Waals surface area contributed by atoms with E-state index in [0.29, 0.717) is 10.4 Å². The highest BCUT2D eigenvalue weighted by Crippen LogP contribution is 1.95. The van der Waals surface area contributed by atoms with E-state index < -0.39 is 0 Å². The van der Waals surface area contributed by atoms with Crippen LogP contribution >= 0.6 is 12.6 Å². The molecule has 0 aliphatic rings. The van der Waals surface area contributed by atoms with Crippen molar-refractivity contribution in [3.8, 4) is 0 Å². The summed E-state index contributed by atoms with van der Waals surface area (Å²) in [4.78, 5) is 3.71. The van der Waals surface area contributed by atoms with E-state index in [1.54, 1.807) is 0 Å². The van der Waals surface area contributed by atoms with Crippen LogP contribution in [0.25, 0.3) is 0 Å². The molecule has 5 heteroatoms.